The van der Waals surface area contributed by atoms with Crippen molar-refractivity contribution in [2.75, 3.05) is 16.8 Å². The van der Waals surface area contributed by atoms with E-state index in [0.717, 1.165) is 39.6 Å². The molecule has 3 N–H and O–H groups in total. The molecule has 1 aromatic carbocycles. The fourth-order valence-corrected chi connectivity index (χ4v) is 4.08. The highest BCUT2D eigenvalue weighted by molar-refractivity contribution is 6.36. The first kappa shape index (κ1) is 17.7. The maximum Gasteiger partial charge on any atom is 0.118 e. The monoisotopic (exact) mass is 420 g/mol. The summed E-state index contributed by atoms with van der Waals surface area (Å²) in [6.07, 6.45) is 9.13. The van der Waals surface area contributed by atoms with Gasteiger partial charge in [0.05, 0.1) is 22.8 Å². The van der Waals surface area contributed by atoms with Gasteiger partial charge in [-0.1, -0.05) is 23.2 Å². The van der Waals surface area contributed by atoms with E-state index in [1.165, 1.54) is 0 Å². The van der Waals surface area contributed by atoms with Gasteiger partial charge in [0.25, 0.3) is 0 Å². The number of pyridine rings is 1. The summed E-state index contributed by atoms with van der Waals surface area (Å²) in [6, 6.07) is 9.61. The van der Waals surface area contributed by atoms with E-state index in [1.54, 1.807) is 18.3 Å². The van der Waals surface area contributed by atoms with Crippen LogP contribution in [-0.4, -0.2) is 16.5 Å². The quantitative estimate of drug-likeness (QED) is 0.563. The summed E-state index contributed by atoms with van der Waals surface area (Å²) in [4.78, 5) is 9.46. The number of benzene rings is 1. The third kappa shape index (κ3) is 3.01. The second-order valence-electron chi connectivity index (χ2n) is 6.69. The zero-order valence-electron chi connectivity index (χ0n) is 15.0. The summed E-state index contributed by atoms with van der Waals surface area (Å²) in [5.41, 5.74) is 5.25. The number of fused-ring (bicyclic) bond motifs is 2. The average Bonchev–Trinajstić information content (AvgIpc) is 3.36. The zero-order valence-corrected chi connectivity index (χ0v) is 16.5. The fourth-order valence-electron chi connectivity index (χ4n) is 3.56. The van der Waals surface area contributed by atoms with Crippen molar-refractivity contribution >= 4 is 34.7 Å². The van der Waals surface area contributed by atoms with Gasteiger partial charge in [0.1, 0.15) is 17.7 Å². The third-order valence-electron chi connectivity index (χ3n) is 4.97. The largest absolute Gasteiger partial charge is 0.348 e. The molecule has 4 aliphatic heterocycles. The van der Waals surface area contributed by atoms with Gasteiger partial charge in [-0.2, -0.15) is 5.26 Å². The third-order valence-corrected chi connectivity index (χ3v) is 5.51. The number of aromatic nitrogens is 2. The van der Waals surface area contributed by atoms with Crippen molar-refractivity contribution in [2.24, 2.45) is 0 Å². The molecule has 0 radical (unpaired) electrons. The Morgan fingerprint density at radius 2 is 2.10 bits per heavy atom. The number of rotatable bonds is 3. The highest BCUT2D eigenvalue weighted by atomic mass is 35.5. The average molecular weight is 421 g/mol. The molecule has 8 heteroatoms. The highest BCUT2D eigenvalue weighted by Crippen LogP contribution is 2.38. The lowest BCUT2D eigenvalue weighted by molar-refractivity contribution is 0.969. The first-order chi connectivity index (χ1) is 14.1. The first-order valence-corrected chi connectivity index (χ1v) is 9.62. The molecule has 0 saturated carbocycles. The van der Waals surface area contributed by atoms with Crippen molar-refractivity contribution in [3.63, 3.8) is 0 Å². The molecule has 0 aromatic heterocycles. The molecule has 0 aliphatic carbocycles. The molecule has 5 rings (SSSR count). The van der Waals surface area contributed by atoms with Gasteiger partial charge in [0.2, 0.25) is 0 Å². The number of nitrogens with one attached hydrogen (secondary N) is 3. The molecule has 142 valence electrons. The van der Waals surface area contributed by atoms with Crippen molar-refractivity contribution in [2.45, 2.75) is 0 Å². The summed E-state index contributed by atoms with van der Waals surface area (Å²) in [5, 5.41) is 17.3. The Bertz CT molecular complexity index is 1230. The number of nitriles is 1. The molecule has 1 aromatic rings. The maximum absolute atomic E-state index is 9.56. The number of dihydropyridines is 1. The molecule has 6 nitrogen and oxygen atoms in total. The fraction of sp³-hybridized carbons (Fsp3) is 0.0476. The lowest BCUT2D eigenvalue weighted by Gasteiger charge is -2.22. The lowest BCUT2D eigenvalue weighted by atomic mass is 10.00. The summed E-state index contributed by atoms with van der Waals surface area (Å²) in [6.45, 7) is 0.556. The van der Waals surface area contributed by atoms with Crippen LogP contribution in [0.1, 0.15) is 0 Å². The predicted octanol–water partition coefficient (Wildman–Crippen LogP) is 4.86. The van der Waals surface area contributed by atoms with Crippen molar-refractivity contribution in [1.29, 1.82) is 5.26 Å². The molecule has 0 fully saturated rings. The molecule has 0 atom stereocenters. The van der Waals surface area contributed by atoms with Crippen LogP contribution in [0.4, 0.5) is 11.5 Å². The number of allylic oxidation sites excluding steroid dienone is 1. The van der Waals surface area contributed by atoms with Crippen molar-refractivity contribution in [3.8, 4) is 17.2 Å². The van der Waals surface area contributed by atoms with E-state index in [1.807, 2.05) is 41.8 Å². The summed E-state index contributed by atoms with van der Waals surface area (Å²) < 4.78 is 0. The summed E-state index contributed by atoms with van der Waals surface area (Å²) in [7, 11) is 0. The summed E-state index contributed by atoms with van der Waals surface area (Å²) in [5.74, 6) is 1.62. The first-order valence-electron chi connectivity index (χ1n) is 8.86. The van der Waals surface area contributed by atoms with Gasteiger partial charge in [-0.3, -0.25) is 4.98 Å². The molecule has 0 spiro atoms. The van der Waals surface area contributed by atoms with Gasteiger partial charge >= 0.3 is 0 Å². The predicted molar refractivity (Wildman–Crippen MR) is 115 cm³/mol. The van der Waals surface area contributed by atoms with Crippen LogP contribution in [-0.2, 0) is 0 Å². The Balaban J connectivity index is 1.54. The highest BCUT2D eigenvalue weighted by Gasteiger charge is 2.29. The van der Waals surface area contributed by atoms with Crippen LogP contribution in [0.3, 0.4) is 0 Å². The van der Waals surface area contributed by atoms with Gasteiger partial charge in [0.15, 0.2) is 0 Å². The van der Waals surface area contributed by atoms with E-state index in [9.17, 15) is 5.26 Å². The van der Waals surface area contributed by atoms with Crippen LogP contribution < -0.4 is 15.5 Å². The standard InChI is InChI=1S/C21H14Cl2N6/c22-14-1-2-19(18(23)5-14)29-10-16-13(6-24)8-27-21(17(16)11-29)28-20-15-9-25-7-12(15)3-4-26-20/h1-5,7-10,26-28H,11H2. The van der Waals surface area contributed by atoms with Gasteiger partial charge < -0.3 is 20.5 Å². The van der Waals surface area contributed by atoms with Gasteiger partial charge in [-0.25, -0.2) is 0 Å². The Kier molecular flexibility index (Phi) is 4.20. The smallest absolute Gasteiger partial charge is 0.118 e. The van der Waals surface area contributed by atoms with E-state index >= 15 is 0 Å². The number of H-pyrrole nitrogens is 1. The molecule has 29 heavy (non-hydrogen) atoms. The SMILES string of the molecule is N#CC1=CNC(Nc2[nH]ccc3cncc2-3)=C2CN(c3ccc(Cl)cc3Cl)C=C12. The van der Waals surface area contributed by atoms with E-state index in [2.05, 4.69) is 26.7 Å². The van der Waals surface area contributed by atoms with Crippen LogP contribution >= 0.6 is 23.2 Å². The molecule has 0 unspecified atom stereocenters. The molecule has 4 heterocycles. The van der Waals surface area contributed by atoms with E-state index in [4.69, 9.17) is 23.2 Å². The minimum absolute atomic E-state index is 0.555. The molecule has 4 aliphatic rings. The summed E-state index contributed by atoms with van der Waals surface area (Å²) >= 11 is 12.4. The van der Waals surface area contributed by atoms with Crippen LogP contribution in [0.25, 0.3) is 11.1 Å². The van der Waals surface area contributed by atoms with Crippen molar-refractivity contribution in [3.05, 3.63) is 87.8 Å². The Labute approximate surface area is 177 Å². The van der Waals surface area contributed by atoms with Gasteiger partial charge in [-0.05, 0) is 24.3 Å². The zero-order chi connectivity index (χ0) is 20.0. The minimum Gasteiger partial charge on any atom is -0.348 e. The van der Waals surface area contributed by atoms with Crippen LogP contribution in [0.2, 0.25) is 10.0 Å². The van der Waals surface area contributed by atoms with E-state index in [0.29, 0.717) is 22.2 Å². The molecule has 0 saturated heterocycles. The second-order valence-corrected chi connectivity index (χ2v) is 7.53. The van der Waals surface area contributed by atoms with E-state index in [-0.39, 0.29) is 0 Å². The molecular formula is C21H14Cl2N6. The number of hydrogen-bond donors (Lipinski definition) is 3. The number of aromatic amines is 1. The number of halogens is 2. The topological polar surface area (TPSA) is 79.8 Å². The lowest BCUT2D eigenvalue weighted by Crippen LogP contribution is -2.24. The molecular weight excluding hydrogens is 407 g/mol. The van der Waals surface area contributed by atoms with Crippen LogP contribution in [0.5, 0.6) is 0 Å². The Morgan fingerprint density at radius 3 is 2.93 bits per heavy atom. The Morgan fingerprint density at radius 1 is 1.21 bits per heavy atom. The van der Waals surface area contributed by atoms with E-state index < -0.39 is 0 Å². The van der Waals surface area contributed by atoms with Crippen molar-refractivity contribution in [1.82, 2.24) is 15.3 Å². The molecule has 0 amide bonds. The minimum atomic E-state index is 0.555. The number of anilines is 2. The number of nitrogens with zero attached hydrogens (tertiary/aromatic N) is 3. The van der Waals surface area contributed by atoms with Crippen molar-refractivity contribution < 1.29 is 0 Å². The van der Waals surface area contributed by atoms with Crippen LogP contribution in [0, 0.1) is 11.3 Å². The normalized spacial score (nSPS) is 15.6. The number of hydrogen-bond acceptors (Lipinski definition) is 5. The van der Waals surface area contributed by atoms with Gasteiger partial charge in [-0.15, -0.1) is 0 Å². The van der Waals surface area contributed by atoms with Gasteiger partial charge in [0, 0.05) is 58.3 Å². The Hall–Kier alpha value is -3.40. The second kappa shape index (κ2) is 6.89. The maximum atomic E-state index is 9.56. The molecule has 0 bridgehead atoms. The van der Waals surface area contributed by atoms with Crippen LogP contribution in [0.15, 0.2) is 77.8 Å².